The summed E-state index contributed by atoms with van der Waals surface area (Å²) >= 11 is 3.16. The van der Waals surface area contributed by atoms with Crippen molar-refractivity contribution in [2.75, 3.05) is 5.33 Å². The quantitative estimate of drug-likeness (QED) is 0.462. The first kappa shape index (κ1) is 9.82. The van der Waals surface area contributed by atoms with Crippen molar-refractivity contribution < 1.29 is 9.90 Å². The Balaban J connectivity index is 3.13. The van der Waals surface area contributed by atoms with E-state index in [-0.39, 0.29) is 5.75 Å². The van der Waals surface area contributed by atoms with Crippen molar-refractivity contribution in [1.82, 2.24) is 0 Å². The third kappa shape index (κ3) is 2.60. The topological polar surface area (TPSA) is 37.3 Å². The minimum Gasteiger partial charge on any atom is -0.508 e. The molecular formula is C10H7BrO2. The van der Waals surface area contributed by atoms with Gasteiger partial charge in [-0.05, 0) is 18.2 Å². The van der Waals surface area contributed by atoms with Crippen LogP contribution in [0.1, 0.15) is 15.9 Å². The Labute approximate surface area is 84.7 Å². The summed E-state index contributed by atoms with van der Waals surface area (Å²) in [6, 6.07) is 4.52. The van der Waals surface area contributed by atoms with Crippen molar-refractivity contribution in [1.29, 1.82) is 0 Å². The lowest BCUT2D eigenvalue weighted by Crippen LogP contribution is -1.86. The van der Waals surface area contributed by atoms with Gasteiger partial charge in [-0.3, -0.25) is 4.79 Å². The highest BCUT2D eigenvalue weighted by molar-refractivity contribution is 9.09. The van der Waals surface area contributed by atoms with Gasteiger partial charge in [0.05, 0.1) is 5.33 Å². The monoisotopic (exact) mass is 238 g/mol. The van der Waals surface area contributed by atoms with Gasteiger partial charge in [0, 0.05) is 11.1 Å². The number of rotatable bonds is 1. The second-order valence-electron chi connectivity index (χ2n) is 2.32. The van der Waals surface area contributed by atoms with E-state index < -0.39 is 0 Å². The lowest BCUT2D eigenvalue weighted by molar-refractivity contribution is 0.112. The molecule has 1 N–H and O–H groups in total. The van der Waals surface area contributed by atoms with Crippen LogP contribution in [0.15, 0.2) is 18.2 Å². The molecule has 1 aromatic rings. The van der Waals surface area contributed by atoms with E-state index in [9.17, 15) is 4.79 Å². The van der Waals surface area contributed by atoms with Crippen molar-refractivity contribution in [3.63, 3.8) is 0 Å². The first-order valence-corrected chi connectivity index (χ1v) is 4.73. The third-order valence-electron chi connectivity index (χ3n) is 1.45. The number of hydrogen-bond donors (Lipinski definition) is 1. The third-order valence-corrected chi connectivity index (χ3v) is 1.73. The molecule has 0 saturated carbocycles. The van der Waals surface area contributed by atoms with Crippen LogP contribution in [0, 0.1) is 11.8 Å². The molecule has 13 heavy (non-hydrogen) atoms. The van der Waals surface area contributed by atoms with Crippen LogP contribution in [0.25, 0.3) is 0 Å². The number of aldehydes is 1. The Bertz CT molecular complexity index is 374. The molecule has 2 nitrogen and oxygen atoms in total. The van der Waals surface area contributed by atoms with Gasteiger partial charge in [0.1, 0.15) is 5.75 Å². The van der Waals surface area contributed by atoms with Crippen molar-refractivity contribution in [2.24, 2.45) is 0 Å². The summed E-state index contributed by atoms with van der Waals surface area (Å²) in [6.45, 7) is 0. The van der Waals surface area contributed by atoms with E-state index in [1.54, 1.807) is 6.07 Å². The summed E-state index contributed by atoms with van der Waals surface area (Å²) in [6.07, 6.45) is 0.679. The summed E-state index contributed by atoms with van der Waals surface area (Å²) in [5.41, 5.74) is 1.04. The molecule has 0 aliphatic heterocycles. The van der Waals surface area contributed by atoms with E-state index in [0.717, 1.165) is 0 Å². The minimum absolute atomic E-state index is 0.0755. The largest absolute Gasteiger partial charge is 0.508 e. The number of carbonyl (C=O) groups excluding carboxylic acids is 1. The smallest absolute Gasteiger partial charge is 0.151 e. The molecule has 0 bridgehead atoms. The van der Waals surface area contributed by atoms with Crippen molar-refractivity contribution >= 4 is 22.2 Å². The maximum atomic E-state index is 10.6. The lowest BCUT2D eigenvalue weighted by atomic mass is 10.1. The number of phenolic OH excluding ortho intramolecular Hbond substituents is 1. The molecule has 0 unspecified atom stereocenters. The van der Waals surface area contributed by atoms with Crippen LogP contribution in [0.4, 0.5) is 0 Å². The van der Waals surface area contributed by atoms with Crippen molar-refractivity contribution in [3.8, 4) is 17.6 Å². The van der Waals surface area contributed by atoms with Crippen LogP contribution in [-0.4, -0.2) is 16.7 Å². The molecule has 0 aromatic heterocycles. The van der Waals surface area contributed by atoms with Crippen LogP contribution in [0.5, 0.6) is 5.75 Å². The molecule has 0 atom stereocenters. The predicted octanol–water partition coefficient (Wildman–Crippen LogP) is 1.95. The van der Waals surface area contributed by atoms with Gasteiger partial charge in [-0.2, -0.15) is 0 Å². The zero-order valence-corrected chi connectivity index (χ0v) is 8.34. The zero-order valence-electron chi connectivity index (χ0n) is 6.75. The molecule has 0 fully saturated rings. The fourth-order valence-corrected chi connectivity index (χ4v) is 1.03. The fraction of sp³-hybridized carbons (Fsp3) is 0.100. The van der Waals surface area contributed by atoms with Crippen LogP contribution >= 0.6 is 15.9 Å². The second-order valence-corrected chi connectivity index (χ2v) is 2.89. The van der Waals surface area contributed by atoms with E-state index in [4.69, 9.17) is 5.11 Å². The molecule has 0 aliphatic carbocycles. The van der Waals surface area contributed by atoms with Gasteiger partial charge >= 0.3 is 0 Å². The Hall–Kier alpha value is -1.27. The van der Waals surface area contributed by atoms with Crippen LogP contribution in [-0.2, 0) is 0 Å². The van der Waals surface area contributed by atoms with Gasteiger partial charge in [0.25, 0.3) is 0 Å². The van der Waals surface area contributed by atoms with Gasteiger partial charge in [-0.25, -0.2) is 0 Å². The molecule has 0 heterocycles. The zero-order chi connectivity index (χ0) is 9.68. The fourth-order valence-electron chi connectivity index (χ4n) is 0.890. The molecule has 0 saturated heterocycles. The van der Waals surface area contributed by atoms with E-state index in [1.807, 2.05) is 0 Å². The maximum Gasteiger partial charge on any atom is 0.151 e. The van der Waals surface area contributed by atoms with E-state index in [2.05, 4.69) is 27.8 Å². The van der Waals surface area contributed by atoms with Gasteiger partial charge < -0.3 is 5.11 Å². The normalized spacial score (nSPS) is 8.69. The van der Waals surface area contributed by atoms with Crippen LogP contribution in [0.2, 0.25) is 0 Å². The summed E-state index contributed by atoms with van der Waals surface area (Å²) < 4.78 is 0. The Morgan fingerprint density at radius 3 is 2.92 bits per heavy atom. The molecule has 66 valence electrons. The van der Waals surface area contributed by atoms with Gasteiger partial charge in [0.2, 0.25) is 0 Å². The van der Waals surface area contributed by atoms with Gasteiger partial charge in [-0.15, -0.1) is 0 Å². The standard InChI is InChI=1S/C10H7BrO2/c11-5-1-2-8-3-4-10(13)6-9(8)7-12/h3-4,6-7,13H,5H2. The van der Waals surface area contributed by atoms with Gasteiger partial charge in [-0.1, -0.05) is 27.8 Å². The SMILES string of the molecule is O=Cc1cc(O)ccc1C#CCBr. The number of benzene rings is 1. The highest BCUT2D eigenvalue weighted by atomic mass is 79.9. The number of carbonyl (C=O) groups is 1. The molecular weight excluding hydrogens is 232 g/mol. The Kier molecular flexibility index (Phi) is 3.53. The number of aromatic hydroxyl groups is 1. The van der Waals surface area contributed by atoms with Crippen LogP contribution in [0.3, 0.4) is 0 Å². The minimum atomic E-state index is 0.0755. The van der Waals surface area contributed by atoms with Crippen LogP contribution < -0.4 is 0 Å². The van der Waals surface area contributed by atoms with Crippen molar-refractivity contribution in [2.45, 2.75) is 0 Å². The summed E-state index contributed by atoms with van der Waals surface area (Å²) in [5.74, 6) is 5.66. The first-order chi connectivity index (χ1) is 6.27. The highest BCUT2D eigenvalue weighted by Gasteiger charge is 1.98. The summed E-state index contributed by atoms with van der Waals surface area (Å²) in [4.78, 5) is 10.6. The molecule has 0 amide bonds. The molecule has 1 rings (SSSR count). The molecule has 3 heteroatoms. The maximum absolute atomic E-state index is 10.6. The highest BCUT2D eigenvalue weighted by Crippen LogP contribution is 2.13. The van der Waals surface area contributed by atoms with E-state index >= 15 is 0 Å². The number of phenols is 1. The number of hydrogen-bond acceptors (Lipinski definition) is 2. The summed E-state index contributed by atoms with van der Waals surface area (Å²) in [5, 5.41) is 9.64. The molecule has 1 aromatic carbocycles. The second kappa shape index (κ2) is 4.68. The molecule has 0 radical (unpaired) electrons. The molecule has 0 aliphatic rings. The van der Waals surface area contributed by atoms with Gasteiger partial charge in [0.15, 0.2) is 6.29 Å². The Morgan fingerprint density at radius 1 is 1.54 bits per heavy atom. The average molecular weight is 239 g/mol. The van der Waals surface area contributed by atoms with E-state index in [1.165, 1.54) is 12.1 Å². The molecule has 0 spiro atoms. The van der Waals surface area contributed by atoms with Crippen molar-refractivity contribution in [3.05, 3.63) is 29.3 Å². The summed E-state index contributed by atoms with van der Waals surface area (Å²) in [7, 11) is 0. The lowest BCUT2D eigenvalue weighted by Gasteiger charge is -1.96. The average Bonchev–Trinajstić information content (AvgIpc) is 2.16. The number of halogens is 1. The van der Waals surface area contributed by atoms with E-state index in [0.29, 0.717) is 22.7 Å². The number of alkyl halides is 1. The first-order valence-electron chi connectivity index (χ1n) is 3.61. The Morgan fingerprint density at radius 2 is 2.31 bits per heavy atom. The predicted molar refractivity (Wildman–Crippen MR) is 54.2 cm³/mol.